The van der Waals surface area contributed by atoms with E-state index in [-0.39, 0.29) is 0 Å². The molecule has 0 unspecified atom stereocenters. The summed E-state index contributed by atoms with van der Waals surface area (Å²) in [6.07, 6.45) is 2.43. The Morgan fingerprint density at radius 3 is 2.30 bits per heavy atom. The van der Waals surface area contributed by atoms with Crippen LogP contribution in [0.1, 0.15) is 33.6 Å². The first kappa shape index (κ1) is 17.3. The molecule has 1 fully saturated rings. The highest BCUT2D eigenvalue weighted by molar-refractivity contribution is 6.39. The first-order valence-corrected chi connectivity index (χ1v) is 8.40. The van der Waals surface area contributed by atoms with E-state index in [1.54, 1.807) is 0 Å². The van der Waals surface area contributed by atoms with Crippen molar-refractivity contribution in [1.29, 1.82) is 0 Å². The molecule has 0 aliphatic carbocycles. The van der Waals surface area contributed by atoms with Crippen LogP contribution in [0.3, 0.4) is 0 Å². The topological polar surface area (TPSA) is 61.4 Å². The summed E-state index contributed by atoms with van der Waals surface area (Å²) in [5.74, 6) is -0.0922. The first-order chi connectivity index (χ1) is 11.0. The van der Waals surface area contributed by atoms with E-state index < -0.39 is 11.8 Å². The van der Waals surface area contributed by atoms with Crippen molar-refractivity contribution in [2.45, 2.75) is 33.6 Å². The van der Waals surface area contributed by atoms with E-state index >= 15 is 0 Å². The zero-order chi connectivity index (χ0) is 16.8. The summed E-state index contributed by atoms with van der Waals surface area (Å²) in [5, 5.41) is 5.24. The minimum atomic E-state index is -0.620. The SMILES string of the molecule is CC(C)CNC(=O)C(=O)Nc1ccc(N2CCC(C)CC2)cc1. The van der Waals surface area contributed by atoms with Crippen LogP contribution < -0.4 is 15.5 Å². The molecule has 0 aromatic heterocycles. The summed E-state index contributed by atoms with van der Waals surface area (Å²) in [5.41, 5.74) is 1.81. The molecule has 0 radical (unpaired) electrons. The number of hydrogen-bond acceptors (Lipinski definition) is 3. The lowest BCUT2D eigenvalue weighted by molar-refractivity contribution is -0.136. The van der Waals surface area contributed by atoms with Gasteiger partial charge in [0.25, 0.3) is 0 Å². The molecule has 5 nitrogen and oxygen atoms in total. The standard InChI is InChI=1S/C18H27N3O2/c1-13(2)12-19-17(22)18(23)20-15-4-6-16(7-5-15)21-10-8-14(3)9-11-21/h4-7,13-14H,8-12H2,1-3H3,(H,19,22)(H,20,23). The maximum Gasteiger partial charge on any atom is 0.313 e. The molecule has 0 bridgehead atoms. The molecule has 2 N–H and O–H groups in total. The van der Waals surface area contributed by atoms with E-state index in [0.717, 1.165) is 19.0 Å². The molecule has 5 heteroatoms. The number of nitrogens with one attached hydrogen (secondary N) is 2. The molecule has 23 heavy (non-hydrogen) atoms. The van der Waals surface area contributed by atoms with Gasteiger partial charge in [-0.05, 0) is 48.9 Å². The van der Waals surface area contributed by atoms with Crippen molar-refractivity contribution in [1.82, 2.24) is 5.32 Å². The van der Waals surface area contributed by atoms with Crippen molar-refractivity contribution in [3.63, 3.8) is 0 Å². The van der Waals surface area contributed by atoms with Crippen LogP contribution in [0, 0.1) is 11.8 Å². The van der Waals surface area contributed by atoms with Crippen molar-refractivity contribution >= 4 is 23.2 Å². The highest BCUT2D eigenvalue weighted by Crippen LogP contribution is 2.24. The average Bonchev–Trinajstić information content (AvgIpc) is 2.54. The summed E-state index contributed by atoms with van der Waals surface area (Å²) < 4.78 is 0. The third-order valence-corrected chi connectivity index (χ3v) is 4.15. The van der Waals surface area contributed by atoms with E-state index in [2.05, 4.69) is 22.5 Å². The zero-order valence-electron chi connectivity index (χ0n) is 14.3. The molecular formula is C18H27N3O2. The van der Waals surface area contributed by atoms with Crippen LogP contribution in [0.15, 0.2) is 24.3 Å². The maximum absolute atomic E-state index is 11.8. The fourth-order valence-corrected chi connectivity index (χ4v) is 2.59. The second-order valence-corrected chi connectivity index (χ2v) is 6.77. The number of benzene rings is 1. The van der Waals surface area contributed by atoms with Gasteiger partial charge in [-0.2, -0.15) is 0 Å². The third kappa shape index (κ3) is 5.27. The lowest BCUT2D eigenvalue weighted by Crippen LogP contribution is -2.37. The Labute approximate surface area is 138 Å². The molecule has 0 saturated carbocycles. The number of rotatable bonds is 4. The molecule has 1 aliphatic rings. The van der Waals surface area contributed by atoms with Crippen LogP contribution >= 0.6 is 0 Å². The normalized spacial score (nSPS) is 15.6. The van der Waals surface area contributed by atoms with Crippen LogP contribution in [0.4, 0.5) is 11.4 Å². The fraction of sp³-hybridized carbons (Fsp3) is 0.556. The highest BCUT2D eigenvalue weighted by atomic mass is 16.2. The van der Waals surface area contributed by atoms with E-state index in [4.69, 9.17) is 0 Å². The quantitative estimate of drug-likeness (QED) is 0.839. The molecule has 1 heterocycles. The van der Waals surface area contributed by atoms with Gasteiger partial charge in [0.05, 0.1) is 0 Å². The Kier molecular flexibility index (Phi) is 6.02. The molecule has 126 valence electrons. The van der Waals surface area contributed by atoms with Crippen molar-refractivity contribution in [3.8, 4) is 0 Å². The molecule has 1 saturated heterocycles. The number of piperidine rings is 1. The third-order valence-electron chi connectivity index (χ3n) is 4.15. The van der Waals surface area contributed by atoms with Crippen LogP contribution in [-0.4, -0.2) is 31.4 Å². The predicted molar refractivity (Wildman–Crippen MR) is 93.5 cm³/mol. The second-order valence-electron chi connectivity index (χ2n) is 6.77. The number of hydrogen-bond donors (Lipinski definition) is 2. The molecular weight excluding hydrogens is 290 g/mol. The average molecular weight is 317 g/mol. The molecule has 1 aliphatic heterocycles. The predicted octanol–water partition coefficient (Wildman–Crippen LogP) is 2.63. The highest BCUT2D eigenvalue weighted by Gasteiger charge is 2.17. The summed E-state index contributed by atoms with van der Waals surface area (Å²) in [6.45, 7) is 8.91. The molecule has 2 amide bonds. The number of carbonyl (C=O) groups excluding carboxylic acids is 2. The van der Waals surface area contributed by atoms with Crippen molar-refractivity contribution in [3.05, 3.63) is 24.3 Å². The largest absolute Gasteiger partial charge is 0.372 e. The van der Waals surface area contributed by atoms with Gasteiger partial charge >= 0.3 is 11.8 Å². The molecule has 0 spiro atoms. The van der Waals surface area contributed by atoms with Crippen LogP contribution in [0.5, 0.6) is 0 Å². The minimum Gasteiger partial charge on any atom is -0.372 e. The number of carbonyl (C=O) groups is 2. The number of nitrogens with zero attached hydrogens (tertiary/aromatic N) is 1. The Balaban J connectivity index is 1.87. The van der Waals surface area contributed by atoms with Crippen molar-refractivity contribution < 1.29 is 9.59 Å². The number of anilines is 2. The Hall–Kier alpha value is -2.04. The lowest BCUT2D eigenvalue weighted by Gasteiger charge is -2.32. The van der Waals surface area contributed by atoms with Gasteiger partial charge in [-0.25, -0.2) is 0 Å². The maximum atomic E-state index is 11.8. The fourth-order valence-electron chi connectivity index (χ4n) is 2.59. The number of amides is 2. The molecule has 1 aromatic rings. The van der Waals surface area contributed by atoms with Crippen LogP contribution in [0.25, 0.3) is 0 Å². The smallest absolute Gasteiger partial charge is 0.313 e. The summed E-state index contributed by atoms with van der Waals surface area (Å²) >= 11 is 0. The van der Waals surface area contributed by atoms with Gasteiger partial charge < -0.3 is 15.5 Å². The van der Waals surface area contributed by atoms with Crippen LogP contribution in [0.2, 0.25) is 0 Å². The van der Waals surface area contributed by atoms with Crippen molar-refractivity contribution in [2.75, 3.05) is 29.9 Å². The van der Waals surface area contributed by atoms with Gasteiger partial charge in [0, 0.05) is 31.0 Å². The van der Waals surface area contributed by atoms with Gasteiger partial charge in [-0.15, -0.1) is 0 Å². The summed E-state index contributed by atoms with van der Waals surface area (Å²) in [4.78, 5) is 25.8. The van der Waals surface area contributed by atoms with E-state index in [0.29, 0.717) is 18.2 Å². The van der Waals surface area contributed by atoms with Gasteiger partial charge in [0.1, 0.15) is 0 Å². The first-order valence-electron chi connectivity index (χ1n) is 8.40. The van der Waals surface area contributed by atoms with Gasteiger partial charge in [-0.1, -0.05) is 20.8 Å². The second kappa shape index (κ2) is 7.99. The molecule has 2 rings (SSSR count). The Morgan fingerprint density at radius 1 is 1.13 bits per heavy atom. The lowest BCUT2D eigenvalue weighted by atomic mass is 9.99. The van der Waals surface area contributed by atoms with E-state index in [1.807, 2.05) is 38.1 Å². The van der Waals surface area contributed by atoms with Gasteiger partial charge in [0.2, 0.25) is 0 Å². The summed E-state index contributed by atoms with van der Waals surface area (Å²) in [7, 11) is 0. The van der Waals surface area contributed by atoms with E-state index in [1.165, 1.54) is 18.5 Å². The Bertz CT molecular complexity index is 532. The van der Waals surface area contributed by atoms with E-state index in [9.17, 15) is 9.59 Å². The summed E-state index contributed by atoms with van der Waals surface area (Å²) in [6, 6.07) is 7.69. The minimum absolute atomic E-state index is 0.318. The van der Waals surface area contributed by atoms with Crippen LogP contribution in [-0.2, 0) is 9.59 Å². The molecule has 0 atom stereocenters. The molecule has 1 aromatic carbocycles. The monoisotopic (exact) mass is 317 g/mol. The Morgan fingerprint density at radius 2 is 1.74 bits per heavy atom. The van der Waals surface area contributed by atoms with Gasteiger partial charge in [-0.3, -0.25) is 9.59 Å². The van der Waals surface area contributed by atoms with Crippen molar-refractivity contribution in [2.24, 2.45) is 11.8 Å². The van der Waals surface area contributed by atoms with Gasteiger partial charge in [0.15, 0.2) is 0 Å². The zero-order valence-corrected chi connectivity index (χ0v) is 14.3.